The molecule has 6 heteroatoms. The molecule has 21 heavy (non-hydrogen) atoms. The van der Waals surface area contributed by atoms with Gasteiger partial charge in [0.1, 0.15) is 0 Å². The first-order chi connectivity index (χ1) is 10.1. The standard InChI is InChI=1S/C15H19ClN2O3/c16-13-9-6-5-8-12(13)15(20)17-11-7-3-1-2-4-10-14(19)18-21/h5-6,8-9H,1-4,7,10-11H2,(H,17,20). The molecule has 0 spiro atoms. The highest BCUT2D eigenvalue weighted by molar-refractivity contribution is 6.33. The van der Waals surface area contributed by atoms with E-state index in [-0.39, 0.29) is 12.3 Å². The van der Waals surface area contributed by atoms with E-state index in [1.807, 2.05) is 0 Å². The van der Waals surface area contributed by atoms with Gasteiger partial charge in [-0.25, -0.2) is 0 Å². The zero-order valence-corrected chi connectivity index (χ0v) is 12.6. The molecule has 0 saturated carbocycles. The Bertz CT molecular complexity index is 492. The molecule has 1 N–H and O–H groups in total. The number of hydrogen-bond donors (Lipinski definition) is 1. The van der Waals surface area contributed by atoms with Gasteiger partial charge < -0.3 is 5.32 Å². The number of nitrogens with one attached hydrogen (secondary N) is 1. The normalized spacial score (nSPS) is 10.1. The van der Waals surface area contributed by atoms with Crippen LogP contribution < -0.4 is 5.32 Å². The molecule has 114 valence electrons. The summed E-state index contributed by atoms with van der Waals surface area (Å²) in [6.45, 7) is 0.596. The van der Waals surface area contributed by atoms with Crippen molar-refractivity contribution in [3.8, 4) is 0 Å². The van der Waals surface area contributed by atoms with Crippen LogP contribution in [0.2, 0.25) is 5.02 Å². The maximum absolute atomic E-state index is 11.8. The van der Waals surface area contributed by atoms with E-state index in [2.05, 4.69) is 10.5 Å². The van der Waals surface area contributed by atoms with Crippen molar-refractivity contribution in [2.45, 2.75) is 38.5 Å². The average Bonchev–Trinajstić information content (AvgIpc) is 2.49. The van der Waals surface area contributed by atoms with E-state index >= 15 is 0 Å². The summed E-state index contributed by atoms with van der Waals surface area (Å²) >= 11 is 5.94. The lowest BCUT2D eigenvalue weighted by molar-refractivity contribution is -0.118. The Balaban J connectivity index is 2.07. The summed E-state index contributed by atoms with van der Waals surface area (Å²) in [6, 6.07) is 6.93. The Kier molecular flexibility index (Phi) is 8.28. The zero-order valence-electron chi connectivity index (χ0n) is 11.8. The van der Waals surface area contributed by atoms with Crippen molar-refractivity contribution in [2.75, 3.05) is 6.54 Å². The number of unbranched alkanes of at least 4 members (excludes halogenated alkanes) is 4. The van der Waals surface area contributed by atoms with E-state index < -0.39 is 5.91 Å². The molecule has 1 aromatic rings. The van der Waals surface area contributed by atoms with Crippen molar-refractivity contribution in [3.05, 3.63) is 39.8 Å². The molecule has 0 bridgehead atoms. The molecule has 0 saturated heterocycles. The second-order valence-electron chi connectivity index (χ2n) is 4.74. The van der Waals surface area contributed by atoms with Crippen LogP contribution in [0, 0.1) is 4.91 Å². The van der Waals surface area contributed by atoms with Gasteiger partial charge in [-0.3, -0.25) is 9.59 Å². The maximum Gasteiger partial charge on any atom is 0.286 e. The lowest BCUT2D eigenvalue weighted by Gasteiger charge is -2.06. The van der Waals surface area contributed by atoms with Crippen LogP contribution in [0.25, 0.3) is 0 Å². The van der Waals surface area contributed by atoms with Crippen molar-refractivity contribution < 1.29 is 9.59 Å². The molecule has 0 atom stereocenters. The van der Waals surface area contributed by atoms with Crippen molar-refractivity contribution in [1.82, 2.24) is 5.32 Å². The highest BCUT2D eigenvalue weighted by Gasteiger charge is 2.08. The highest BCUT2D eigenvalue weighted by Crippen LogP contribution is 2.14. The molecule has 1 aromatic carbocycles. The van der Waals surface area contributed by atoms with Gasteiger partial charge in [-0.15, -0.1) is 4.91 Å². The van der Waals surface area contributed by atoms with Gasteiger partial charge in [0.25, 0.3) is 11.8 Å². The fraction of sp³-hybridized carbons (Fsp3) is 0.467. The predicted molar refractivity (Wildman–Crippen MR) is 82.3 cm³/mol. The fourth-order valence-electron chi connectivity index (χ4n) is 1.92. The lowest BCUT2D eigenvalue weighted by atomic mass is 10.1. The van der Waals surface area contributed by atoms with Gasteiger partial charge in [0.2, 0.25) is 0 Å². The molecule has 0 aromatic heterocycles. The Labute approximate surface area is 129 Å². The van der Waals surface area contributed by atoms with Crippen LogP contribution in [0.1, 0.15) is 48.9 Å². The highest BCUT2D eigenvalue weighted by atomic mass is 35.5. The molecule has 0 fully saturated rings. The first-order valence-electron chi connectivity index (χ1n) is 7.04. The lowest BCUT2D eigenvalue weighted by Crippen LogP contribution is -2.24. The van der Waals surface area contributed by atoms with Gasteiger partial charge in [-0.05, 0) is 25.0 Å². The molecular weight excluding hydrogens is 292 g/mol. The first kappa shape index (κ1) is 17.3. The van der Waals surface area contributed by atoms with Crippen molar-refractivity contribution >= 4 is 23.4 Å². The van der Waals surface area contributed by atoms with Gasteiger partial charge in [0.05, 0.1) is 10.6 Å². The number of hydrogen-bond acceptors (Lipinski definition) is 3. The molecule has 2 amide bonds. The van der Waals surface area contributed by atoms with Crippen LogP contribution in [0.15, 0.2) is 29.4 Å². The molecule has 0 aliphatic rings. The molecule has 0 unspecified atom stereocenters. The molecule has 0 aliphatic heterocycles. The molecule has 0 aliphatic carbocycles. The molecule has 5 nitrogen and oxygen atoms in total. The second kappa shape index (κ2) is 10.0. The fourth-order valence-corrected chi connectivity index (χ4v) is 2.14. The summed E-state index contributed by atoms with van der Waals surface area (Å²) in [7, 11) is 0. The van der Waals surface area contributed by atoms with E-state index in [9.17, 15) is 14.5 Å². The first-order valence-corrected chi connectivity index (χ1v) is 7.42. The zero-order chi connectivity index (χ0) is 15.5. The predicted octanol–water partition coefficient (Wildman–Crippen LogP) is 3.70. The van der Waals surface area contributed by atoms with Crippen LogP contribution in [0.5, 0.6) is 0 Å². The minimum absolute atomic E-state index is 0.164. The quantitative estimate of drug-likeness (QED) is 0.558. The summed E-state index contributed by atoms with van der Waals surface area (Å²) < 4.78 is 0. The summed E-state index contributed by atoms with van der Waals surface area (Å²) in [5.41, 5.74) is 0.485. The van der Waals surface area contributed by atoms with Gasteiger partial charge >= 0.3 is 0 Å². The Morgan fingerprint density at radius 2 is 1.71 bits per heavy atom. The van der Waals surface area contributed by atoms with Crippen LogP contribution in [-0.2, 0) is 4.79 Å². The minimum Gasteiger partial charge on any atom is -0.352 e. The van der Waals surface area contributed by atoms with Gasteiger partial charge in [-0.2, -0.15) is 0 Å². The smallest absolute Gasteiger partial charge is 0.286 e. The summed E-state index contributed by atoms with van der Waals surface area (Å²) in [5, 5.41) is 5.62. The maximum atomic E-state index is 11.8. The number of nitrogens with zero attached hydrogens (tertiary/aromatic N) is 1. The third-order valence-electron chi connectivity index (χ3n) is 3.07. The van der Waals surface area contributed by atoms with E-state index in [0.717, 1.165) is 25.7 Å². The van der Waals surface area contributed by atoms with Crippen molar-refractivity contribution in [1.29, 1.82) is 0 Å². The summed E-state index contributed by atoms with van der Waals surface area (Å²) in [4.78, 5) is 32.3. The second-order valence-corrected chi connectivity index (χ2v) is 5.15. The third-order valence-corrected chi connectivity index (χ3v) is 3.40. The van der Waals surface area contributed by atoms with Crippen molar-refractivity contribution in [2.24, 2.45) is 5.18 Å². The van der Waals surface area contributed by atoms with Gasteiger partial charge in [-0.1, -0.05) is 43.0 Å². The van der Waals surface area contributed by atoms with Crippen LogP contribution >= 0.6 is 11.6 Å². The van der Waals surface area contributed by atoms with Crippen LogP contribution in [0.4, 0.5) is 0 Å². The Morgan fingerprint density at radius 3 is 2.43 bits per heavy atom. The van der Waals surface area contributed by atoms with Gasteiger partial charge in [0.15, 0.2) is 0 Å². The van der Waals surface area contributed by atoms with Crippen LogP contribution in [-0.4, -0.2) is 18.4 Å². The minimum atomic E-state index is -0.581. The number of amides is 2. The molecule has 1 rings (SSSR count). The Morgan fingerprint density at radius 1 is 1.05 bits per heavy atom. The van der Waals surface area contributed by atoms with E-state index in [0.29, 0.717) is 23.6 Å². The SMILES string of the molecule is O=NC(=O)CCCCCCCNC(=O)c1ccccc1Cl. The van der Waals surface area contributed by atoms with Gasteiger partial charge in [0, 0.05) is 18.1 Å². The number of carbonyl (C=O) groups excluding carboxylic acids is 2. The largest absolute Gasteiger partial charge is 0.352 e. The molecule has 0 radical (unpaired) electrons. The summed E-state index contributed by atoms with van der Waals surface area (Å²) in [5.74, 6) is -0.745. The number of nitroso groups, excluding NO2 is 1. The molecular formula is C15H19ClN2O3. The third kappa shape index (κ3) is 6.99. The van der Waals surface area contributed by atoms with E-state index in [4.69, 9.17) is 11.6 Å². The molecule has 0 heterocycles. The monoisotopic (exact) mass is 310 g/mol. The number of carbonyl (C=O) groups is 2. The number of halogens is 1. The average molecular weight is 311 g/mol. The Hall–Kier alpha value is -1.75. The topological polar surface area (TPSA) is 75.6 Å². The number of rotatable bonds is 9. The van der Waals surface area contributed by atoms with Crippen molar-refractivity contribution in [3.63, 3.8) is 0 Å². The van der Waals surface area contributed by atoms with Crippen LogP contribution in [0.3, 0.4) is 0 Å². The summed E-state index contributed by atoms with van der Waals surface area (Å²) in [6.07, 6.45) is 4.61. The van der Waals surface area contributed by atoms with E-state index in [1.54, 1.807) is 24.3 Å². The number of benzene rings is 1. The van der Waals surface area contributed by atoms with E-state index in [1.165, 1.54) is 0 Å².